The topological polar surface area (TPSA) is 91.3 Å². The summed E-state index contributed by atoms with van der Waals surface area (Å²) >= 11 is 0. The Balaban J connectivity index is 1.95. The molecule has 1 amide bonds. The van der Waals surface area contributed by atoms with Gasteiger partial charge in [-0.3, -0.25) is 14.9 Å². The highest BCUT2D eigenvalue weighted by Gasteiger charge is 2.21. The number of aromatic amines is 1. The van der Waals surface area contributed by atoms with Gasteiger partial charge in [-0.1, -0.05) is 6.42 Å². The molecule has 1 aromatic heterocycles. The molecule has 1 fully saturated rings. The predicted molar refractivity (Wildman–Crippen MR) is 70.0 cm³/mol. The molecule has 1 saturated heterocycles. The zero-order valence-electron chi connectivity index (χ0n) is 10.9. The minimum absolute atomic E-state index is 0.0902. The number of nitrogens with one attached hydrogen (secondary N) is 2. The van der Waals surface area contributed by atoms with Crippen LogP contribution in [0.5, 0.6) is 0 Å². The molecule has 7 nitrogen and oxygen atoms in total. The number of hydrogen-bond donors (Lipinski definition) is 2. The smallest absolute Gasteiger partial charge is 0.287 e. The van der Waals surface area contributed by atoms with E-state index in [1.807, 2.05) is 0 Å². The average Bonchev–Trinajstić information content (AvgIpc) is 2.88. The molecule has 2 rings (SSSR count). The second kappa shape index (κ2) is 5.83. The summed E-state index contributed by atoms with van der Waals surface area (Å²) in [5.74, 6) is -0.222. The summed E-state index contributed by atoms with van der Waals surface area (Å²) < 4.78 is 0. The molecule has 0 bridgehead atoms. The highest BCUT2D eigenvalue weighted by Crippen LogP contribution is 2.14. The quantitative estimate of drug-likeness (QED) is 0.631. The Kier molecular flexibility index (Phi) is 4.16. The fourth-order valence-electron chi connectivity index (χ4n) is 2.31. The van der Waals surface area contributed by atoms with E-state index in [4.69, 9.17) is 0 Å². The molecule has 1 atom stereocenters. The minimum Gasteiger partial charge on any atom is -0.351 e. The largest absolute Gasteiger partial charge is 0.351 e. The summed E-state index contributed by atoms with van der Waals surface area (Å²) in [6.45, 7) is 1.60. The maximum Gasteiger partial charge on any atom is 0.287 e. The fraction of sp³-hybridized carbons (Fsp3) is 0.583. The average molecular weight is 266 g/mol. The number of nitro groups is 1. The number of rotatable bonds is 4. The van der Waals surface area contributed by atoms with Gasteiger partial charge in [-0.15, -0.1) is 0 Å². The summed E-state index contributed by atoms with van der Waals surface area (Å²) in [5, 5.41) is 13.9. The van der Waals surface area contributed by atoms with Crippen molar-refractivity contribution >= 4 is 11.6 Å². The highest BCUT2D eigenvalue weighted by molar-refractivity contribution is 5.93. The molecule has 1 aromatic rings. The van der Waals surface area contributed by atoms with Crippen LogP contribution < -0.4 is 5.32 Å². The van der Waals surface area contributed by atoms with Crippen molar-refractivity contribution in [2.24, 2.45) is 0 Å². The van der Waals surface area contributed by atoms with Gasteiger partial charge in [-0.2, -0.15) is 0 Å². The van der Waals surface area contributed by atoms with E-state index in [0.717, 1.165) is 13.0 Å². The minimum atomic E-state index is -0.518. The number of piperidine rings is 1. The Labute approximate surface area is 111 Å². The number of H-pyrrole nitrogens is 1. The van der Waals surface area contributed by atoms with E-state index in [2.05, 4.69) is 10.3 Å². The number of hydrogen-bond acceptors (Lipinski definition) is 4. The zero-order chi connectivity index (χ0) is 13.8. The number of aromatic nitrogens is 1. The normalized spacial score (nSPS) is 19.1. The lowest BCUT2D eigenvalue weighted by molar-refractivity contribution is -0.384. The molecule has 0 saturated carbocycles. The van der Waals surface area contributed by atoms with Crippen LogP contribution in [0, 0.1) is 10.1 Å². The number of carbonyl (C=O) groups is 1. The van der Waals surface area contributed by atoms with Gasteiger partial charge in [0, 0.05) is 25.7 Å². The van der Waals surface area contributed by atoms with E-state index in [1.165, 1.54) is 25.1 Å². The summed E-state index contributed by atoms with van der Waals surface area (Å²) in [5.41, 5.74) is 0.164. The molecule has 7 heteroatoms. The molecular formula is C12H18N4O3. The molecule has 104 valence electrons. The van der Waals surface area contributed by atoms with Gasteiger partial charge in [-0.25, -0.2) is 0 Å². The van der Waals surface area contributed by atoms with Crippen molar-refractivity contribution in [2.75, 3.05) is 20.1 Å². The highest BCUT2D eigenvalue weighted by atomic mass is 16.6. The van der Waals surface area contributed by atoms with Crippen molar-refractivity contribution in [2.45, 2.75) is 25.3 Å². The first-order chi connectivity index (χ1) is 9.08. The Hall–Kier alpha value is -1.89. The van der Waals surface area contributed by atoms with E-state index in [-0.39, 0.29) is 17.3 Å². The standard InChI is InChI=1S/C12H18N4O3/c1-15(8-9-4-2-3-5-13-9)12(17)11-6-10(7-14-11)16(18)19/h6-7,9,13-14H,2-5,8H2,1H3. The number of likely N-dealkylation sites (N-methyl/N-ethyl adjacent to an activating group) is 1. The van der Waals surface area contributed by atoms with Gasteiger partial charge in [0.05, 0.1) is 11.1 Å². The Morgan fingerprint density at radius 1 is 1.58 bits per heavy atom. The Morgan fingerprint density at radius 2 is 2.37 bits per heavy atom. The lowest BCUT2D eigenvalue weighted by Crippen LogP contribution is -2.44. The van der Waals surface area contributed by atoms with E-state index >= 15 is 0 Å². The predicted octanol–water partition coefficient (Wildman–Crippen LogP) is 1.14. The lowest BCUT2D eigenvalue weighted by Gasteiger charge is -2.27. The van der Waals surface area contributed by atoms with Crippen molar-refractivity contribution in [3.63, 3.8) is 0 Å². The van der Waals surface area contributed by atoms with Crippen LogP contribution in [0.3, 0.4) is 0 Å². The molecule has 0 radical (unpaired) electrons. The van der Waals surface area contributed by atoms with Crippen LogP contribution in [0.1, 0.15) is 29.8 Å². The maximum absolute atomic E-state index is 12.1. The monoisotopic (exact) mass is 266 g/mol. The van der Waals surface area contributed by atoms with Gasteiger partial charge in [0.15, 0.2) is 0 Å². The molecule has 1 aliphatic rings. The Morgan fingerprint density at radius 3 is 2.95 bits per heavy atom. The molecule has 0 spiro atoms. The lowest BCUT2D eigenvalue weighted by atomic mass is 10.0. The van der Waals surface area contributed by atoms with Crippen molar-refractivity contribution in [3.05, 3.63) is 28.1 Å². The van der Waals surface area contributed by atoms with E-state index in [1.54, 1.807) is 11.9 Å². The first-order valence-electron chi connectivity index (χ1n) is 6.39. The molecule has 1 unspecified atom stereocenters. The molecule has 2 N–H and O–H groups in total. The van der Waals surface area contributed by atoms with Crippen molar-refractivity contribution in [1.29, 1.82) is 0 Å². The fourth-order valence-corrected chi connectivity index (χ4v) is 2.31. The van der Waals surface area contributed by atoms with Gasteiger partial charge in [0.25, 0.3) is 11.6 Å². The van der Waals surface area contributed by atoms with Crippen molar-refractivity contribution in [1.82, 2.24) is 15.2 Å². The summed E-state index contributed by atoms with van der Waals surface area (Å²) in [4.78, 5) is 26.4. The van der Waals surface area contributed by atoms with Crippen LogP contribution in [0.25, 0.3) is 0 Å². The van der Waals surface area contributed by atoms with Gasteiger partial charge in [0.2, 0.25) is 0 Å². The third kappa shape index (κ3) is 3.31. The maximum atomic E-state index is 12.1. The summed E-state index contributed by atoms with van der Waals surface area (Å²) in [6.07, 6.45) is 4.65. The van der Waals surface area contributed by atoms with Crippen molar-refractivity contribution < 1.29 is 9.72 Å². The Bertz CT molecular complexity index is 465. The van der Waals surface area contributed by atoms with Gasteiger partial charge >= 0.3 is 0 Å². The van der Waals surface area contributed by atoms with E-state index in [9.17, 15) is 14.9 Å². The van der Waals surface area contributed by atoms with Gasteiger partial charge < -0.3 is 15.2 Å². The molecule has 0 aliphatic carbocycles. The van der Waals surface area contributed by atoms with E-state index in [0.29, 0.717) is 12.6 Å². The first kappa shape index (κ1) is 13.5. The molecular weight excluding hydrogens is 248 g/mol. The molecule has 1 aliphatic heterocycles. The molecule has 0 aromatic carbocycles. The third-order valence-corrected chi connectivity index (χ3v) is 3.36. The van der Waals surface area contributed by atoms with Gasteiger partial charge in [-0.05, 0) is 19.4 Å². The van der Waals surface area contributed by atoms with Crippen LogP contribution in [0.2, 0.25) is 0 Å². The zero-order valence-corrected chi connectivity index (χ0v) is 10.9. The van der Waals surface area contributed by atoms with E-state index < -0.39 is 4.92 Å². The third-order valence-electron chi connectivity index (χ3n) is 3.36. The number of carbonyl (C=O) groups excluding carboxylic acids is 1. The SMILES string of the molecule is CN(CC1CCCCN1)C(=O)c1cc([N+](=O)[O-])c[nH]1. The van der Waals surface area contributed by atoms with Gasteiger partial charge in [0.1, 0.15) is 5.69 Å². The van der Waals surface area contributed by atoms with Crippen LogP contribution >= 0.6 is 0 Å². The van der Waals surface area contributed by atoms with Crippen molar-refractivity contribution in [3.8, 4) is 0 Å². The number of amides is 1. The molecule has 2 heterocycles. The molecule has 19 heavy (non-hydrogen) atoms. The first-order valence-corrected chi connectivity index (χ1v) is 6.39. The number of nitrogens with zero attached hydrogens (tertiary/aromatic N) is 2. The van der Waals surface area contributed by atoms with Crippen LogP contribution in [0.4, 0.5) is 5.69 Å². The second-order valence-electron chi connectivity index (χ2n) is 4.86. The second-order valence-corrected chi connectivity index (χ2v) is 4.86. The van der Waals surface area contributed by atoms with Crippen LogP contribution in [-0.2, 0) is 0 Å². The van der Waals surface area contributed by atoms with Crippen LogP contribution in [-0.4, -0.2) is 46.9 Å². The summed E-state index contributed by atoms with van der Waals surface area (Å²) in [6, 6.07) is 1.58. The van der Waals surface area contributed by atoms with Crippen LogP contribution in [0.15, 0.2) is 12.3 Å². The summed E-state index contributed by atoms with van der Waals surface area (Å²) in [7, 11) is 1.71.